The van der Waals surface area contributed by atoms with Gasteiger partial charge in [0, 0.05) is 22.6 Å². The van der Waals surface area contributed by atoms with Crippen molar-refractivity contribution in [2.75, 3.05) is 11.9 Å². The fourth-order valence-electron chi connectivity index (χ4n) is 2.61. The number of aliphatic hydroxyl groups excluding tert-OH is 1. The number of hydrogen-bond donors (Lipinski definition) is 3. The third-order valence-corrected chi connectivity index (χ3v) is 3.82. The predicted molar refractivity (Wildman–Crippen MR) is 82.8 cm³/mol. The molecule has 1 aliphatic rings. The second-order valence-electron chi connectivity index (χ2n) is 5.00. The van der Waals surface area contributed by atoms with Gasteiger partial charge in [-0.25, -0.2) is 4.79 Å². The van der Waals surface area contributed by atoms with Gasteiger partial charge in [-0.15, -0.1) is 0 Å². The fourth-order valence-corrected chi connectivity index (χ4v) is 2.79. The van der Waals surface area contributed by atoms with E-state index in [0.29, 0.717) is 34.2 Å². The van der Waals surface area contributed by atoms with Crippen LogP contribution in [0.3, 0.4) is 0 Å². The SMILES string of the molecule is O=C(O)Nc1ccc(Cl)cc1C(O)c1cccc2c1OCC2. The number of ether oxygens (including phenoxy) is 1. The lowest BCUT2D eigenvalue weighted by molar-refractivity contribution is 0.208. The van der Waals surface area contributed by atoms with Crippen molar-refractivity contribution in [2.24, 2.45) is 0 Å². The predicted octanol–water partition coefficient (Wildman–Crippen LogP) is 3.45. The first kappa shape index (κ1) is 14.7. The van der Waals surface area contributed by atoms with E-state index in [0.717, 1.165) is 12.0 Å². The smallest absolute Gasteiger partial charge is 0.409 e. The van der Waals surface area contributed by atoms with E-state index in [1.54, 1.807) is 18.2 Å². The zero-order chi connectivity index (χ0) is 15.7. The number of fused-ring (bicyclic) bond motifs is 1. The zero-order valence-corrected chi connectivity index (χ0v) is 12.3. The third kappa shape index (κ3) is 2.73. The molecule has 3 N–H and O–H groups in total. The normalized spacial score (nSPS) is 14.1. The number of carboxylic acid groups (broad SMARTS) is 1. The molecule has 2 aromatic rings. The molecule has 22 heavy (non-hydrogen) atoms. The van der Waals surface area contributed by atoms with Crippen LogP contribution in [0.15, 0.2) is 36.4 Å². The summed E-state index contributed by atoms with van der Waals surface area (Å²) in [7, 11) is 0. The maximum atomic E-state index is 10.9. The van der Waals surface area contributed by atoms with Crippen molar-refractivity contribution in [1.82, 2.24) is 0 Å². The number of aliphatic hydroxyl groups is 1. The average molecular weight is 320 g/mol. The second kappa shape index (κ2) is 5.87. The van der Waals surface area contributed by atoms with Gasteiger partial charge in [0.2, 0.25) is 0 Å². The van der Waals surface area contributed by atoms with Crippen LogP contribution in [0.25, 0.3) is 0 Å². The minimum absolute atomic E-state index is 0.292. The Bertz CT molecular complexity index is 732. The molecule has 1 aliphatic heterocycles. The van der Waals surface area contributed by atoms with Gasteiger partial charge in [0.05, 0.1) is 12.3 Å². The lowest BCUT2D eigenvalue weighted by atomic mass is 9.97. The summed E-state index contributed by atoms with van der Waals surface area (Å²) in [5, 5.41) is 22.3. The molecule has 5 nitrogen and oxygen atoms in total. The Kier molecular flexibility index (Phi) is 3.92. The first-order valence-electron chi connectivity index (χ1n) is 6.78. The van der Waals surface area contributed by atoms with Crippen molar-refractivity contribution in [1.29, 1.82) is 0 Å². The molecule has 2 aromatic carbocycles. The summed E-state index contributed by atoms with van der Waals surface area (Å²) in [4.78, 5) is 10.9. The largest absolute Gasteiger partial charge is 0.493 e. The van der Waals surface area contributed by atoms with E-state index in [1.165, 1.54) is 6.07 Å². The van der Waals surface area contributed by atoms with E-state index >= 15 is 0 Å². The topological polar surface area (TPSA) is 78.8 Å². The molecule has 114 valence electrons. The van der Waals surface area contributed by atoms with Crippen molar-refractivity contribution < 1.29 is 19.7 Å². The molecule has 0 aliphatic carbocycles. The maximum absolute atomic E-state index is 10.9. The summed E-state index contributed by atoms with van der Waals surface area (Å²) in [6.07, 6.45) is -1.44. The minimum Gasteiger partial charge on any atom is -0.493 e. The molecule has 0 spiro atoms. The lowest BCUT2D eigenvalue weighted by Gasteiger charge is -2.18. The Labute approximate surface area is 132 Å². The highest BCUT2D eigenvalue weighted by Gasteiger charge is 2.24. The Morgan fingerprint density at radius 2 is 2.09 bits per heavy atom. The highest BCUT2D eigenvalue weighted by atomic mass is 35.5. The first-order chi connectivity index (χ1) is 10.6. The van der Waals surface area contributed by atoms with E-state index in [-0.39, 0.29) is 0 Å². The fraction of sp³-hybridized carbons (Fsp3) is 0.188. The molecule has 0 saturated heterocycles. The van der Waals surface area contributed by atoms with Crippen molar-refractivity contribution in [3.8, 4) is 5.75 Å². The molecule has 1 unspecified atom stereocenters. The molecular formula is C16H14ClNO4. The number of carbonyl (C=O) groups is 1. The average Bonchev–Trinajstić information content (AvgIpc) is 2.96. The molecule has 0 fully saturated rings. The summed E-state index contributed by atoms with van der Waals surface area (Å²) in [5.41, 5.74) is 2.32. The lowest BCUT2D eigenvalue weighted by Crippen LogP contribution is -2.12. The summed E-state index contributed by atoms with van der Waals surface area (Å²) < 4.78 is 5.59. The molecule has 3 rings (SSSR count). The number of halogens is 1. The number of para-hydroxylation sites is 1. The standard InChI is InChI=1S/C16H14ClNO4/c17-10-4-5-13(18-16(20)21)12(8-10)14(19)11-3-1-2-9-6-7-22-15(9)11/h1-5,8,14,18-19H,6-7H2,(H,20,21). The van der Waals surface area contributed by atoms with Gasteiger partial charge >= 0.3 is 6.09 Å². The van der Waals surface area contributed by atoms with Gasteiger partial charge < -0.3 is 14.9 Å². The van der Waals surface area contributed by atoms with Crippen LogP contribution in [0, 0.1) is 0 Å². The summed E-state index contributed by atoms with van der Waals surface area (Å²) in [5.74, 6) is 0.663. The number of benzene rings is 2. The van der Waals surface area contributed by atoms with E-state index in [2.05, 4.69) is 5.32 Å². The van der Waals surface area contributed by atoms with Crippen molar-refractivity contribution in [2.45, 2.75) is 12.5 Å². The molecule has 1 atom stereocenters. The highest BCUT2D eigenvalue weighted by molar-refractivity contribution is 6.30. The van der Waals surface area contributed by atoms with Crippen molar-refractivity contribution in [3.63, 3.8) is 0 Å². The number of rotatable bonds is 3. The third-order valence-electron chi connectivity index (χ3n) is 3.59. The molecule has 0 aromatic heterocycles. The highest BCUT2D eigenvalue weighted by Crippen LogP contribution is 2.38. The van der Waals surface area contributed by atoms with E-state index in [1.807, 2.05) is 12.1 Å². The van der Waals surface area contributed by atoms with Crippen molar-refractivity contribution >= 4 is 23.4 Å². The Hall–Kier alpha value is -2.24. The Morgan fingerprint density at radius 1 is 1.27 bits per heavy atom. The van der Waals surface area contributed by atoms with Gasteiger partial charge in [0.15, 0.2) is 0 Å². The molecular weight excluding hydrogens is 306 g/mol. The quantitative estimate of drug-likeness (QED) is 0.809. The number of amides is 1. The van der Waals surface area contributed by atoms with Crippen LogP contribution in [0.4, 0.5) is 10.5 Å². The van der Waals surface area contributed by atoms with Crippen molar-refractivity contribution in [3.05, 3.63) is 58.1 Å². The van der Waals surface area contributed by atoms with E-state index in [9.17, 15) is 9.90 Å². The molecule has 1 heterocycles. The van der Waals surface area contributed by atoms with Gasteiger partial charge in [-0.1, -0.05) is 29.8 Å². The van der Waals surface area contributed by atoms with Crippen LogP contribution in [-0.2, 0) is 6.42 Å². The molecule has 1 amide bonds. The molecule has 0 radical (unpaired) electrons. The van der Waals surface area contributed by atoms with Gasteiger partial charge in [-0.05, 0) is 23.8 Å². The van der Waals surface area contributed by atoms with Crippen LogP contribution in [-0.4, -0.2) is 22.9 Å². The van der Waals surface area contributed by atoms with Crippen LogP contribution >= 0.6 is 11.6 Å². The van der Waals surface area contributed by atoms with Crippen LogP contribution in [0.2, 0.25) is 5.02 Å². The van der Waals surface area contributed by atoms with Gasteiger partial charge in [-0.3, -0.25) is 5.32 Å². The van der Waals surface area contributed by atoms with Gasteiger partial charge in [-0.2, -0.15) is 0 Å². The maximum Gasteiger partial charge on any atom is 0.409 e. The second-order valence-corrected chi connectivity index (χ2v) is 5.43. The molecule has 0 bridgehead atoms. The summed E-state index contributed by atoms with van der Waals surface area (Å²) in [6.45, 7) is 0.578. The Balaban J connectivity index is 2.05. The summed E-state index contributed by atoms with van der Waals surface area (Å²) in [6, 6.07) is 10.2. The van der Waals surface area contributed by atoms with Gasteiger partial charge in [0.25, 0.3) is 0 Å². The molecule has 6 heteroatoms. The van der Waals surface area contributed by atoms with E-state index in [4.69, 9.17) is 21.4 Å². The summed E-state index contributed by atoms with van der Waals surface area (Å²) >= 11 is 5.98. The van der Waals surface area contributed by atoms with Crippen LogP contribution in [0.1, 0.15) is 22.8 Å². The zero-order valence-electron chi connectivity index (χ0n) is 11.5. The first-order valence-corrected chi connectivity index (χ1v) is 7.16. The monoisotopic (exact) mass is 319 g/mol. The van der Waals surface area contributed by atoms with E-state index < -0.39 is 12.2 Å². The number of hydrogen-bond acceptors (Lipinski definition) is 3. The molecule has 0 saturated carbocycles. The number of nitrogens with one attached hydrogen (secondary N) is 1. The number of anilines is 1. The minimum atomic E-state index is -1.20. The van der Waals surface area contributed by atoms with Crippen LogP contribution in [0.5, 0.6) is 5.75 Å². The van der Waals surface area contributed by atoms with Gasteiger partial charge in [0.1, 0.15) is 11.9 Å². The van der Waals surface area contributed by atoms with Crippen LogP contribution < -0.4 is 10.1 Å². The Morgan fingerprint density at radius 3 is 2.86 bits per heavy atom.